The van der Waals surface area contributed by atoms with Gasteiger partial charge in [0.25, 0.3) is 5.69 Å². The highest BCUT2D eigenvalue weighted by atomic mass is 79.9. The molecule has 0 bridgehead atoms. The highest BCUT2D eigenvalue weighted by Crippen LogP contribution is 2.29. The molecule has 0 atom stereocenters. The quantitative estimate of drug-likeness (QED) is 0.381. The maximum Gasteiger partial charge on any atom is 0.295 e. The Hall–Kier alpha value is -2.41. The van der Waals surface area contributed by atoms with Crippen LogP contribution in [0, 0.1) is 15.9 Å². The first-order valence-electron chi connectivity index (χ1n) is 8.39. The Morgan fingerprint density at radius 3 is 2.66 bits per heavy atom. The number of sulfonamides is 1. The first-order valence-corrected chi connectivity index (χ1v) is 10.6. The number of hydrogen-bond acceptors (Lipinski definition) is 7. The summed E-state index contributed by atoms with van der Waals surface area (Å²) in [4.78, 5) is 10.5. The molecule has 29 heavy (non-hydrogen) atoms. The van der Waals surface area contributed by atoms with Gasteiger partial charge in [0.05, 0.1) is 29.2 Å². The molecule has 1 saturated heterocycles. The van der Waals surface area contributed by atoms with Crippen LogP contribution in [0.15, 0.2) is 50.9 Å². The van der Waals surface area contributed by atoms with Gasteiger partial charge in [-0.3, -0.25) is 15.5 Å². The van der Waals surface area contributed by atoms with Gasteiger partial charge in [0, 0.05) is 29.2 Å². The average molecular weight is 487 g/mol. The number of benzene rings is 2. The molecule has 3 rings (SSSR count). The van der Waals surface area contributed by atoms with Gasteiger partial charge in [-0.05, 0) is 30.3 Å². The summed E-state index contributed by atoms with van der Waals surface area (Å²) >= 11 is 3.22. The Kier molecular flexibility index (Phi) is 6.57. The van der Waals surface area contributed by atoms with E-state index in [-0.39, 0.29) is 42.4 Å². The topological polar surface area (TPSA) is 114 Å². The SMILES string of the molecule is O=[N+]([O-])c1cc(S(=O)(=O)N2CCOCC2)ccc1N/N=C/c1cc(Br)ccc1F. The first-order chi connectivity index (χ1) is 13.8. The molecule has 12 heteroatoms. The van der Waals surface area contributed by atoms with Crippen LogP contribution < -0.4 is 5.43 Å². The molecule has 1 heterocycles. The molecular formula is C17H16BrFN4O5S. The van der Waals surface area contributed by atoms with Crippen LogP contribution in [0.4, 0.5) is 15.8 Å². The molecule has 1 aliphatic heterocycles. The molecule has 2 aromatic carbocycles. The Labute approximate surface area is 174 Å². The number of nitrogens with one attached hydrogen (secondary N) is 1. The van der Waals surface area contributed by atoms with Gasteiger partial charge < -0.3 is 4.74 Å². The summed E-state index contributed by atoms with van der Waals surface area (Å²) in [5.74, 6) is -0.514. The van der Waals surface area contributed by atoms with Crippen LogP contribution >= 0.6 is 15.9 Å². The van der Waals surface area contributed by atoms with E-state index >= 15 is 0 Å². The fourth-order valence-electron chi connectivity index (χ4n) is 2.64. The molecule has 0 unspecified atom stereocenters. The van der Waals surface area contributed by atoms with Crippen molar-refractivity contribution in [3.05, 3.63) is 62.4 Å². The maximum atomic E-state index is 13.7. The largest absolute Gasteiger partial charge is 0.379 e. The number of morpholine rings is 1. The van der Waals surface area contributed by atoms with Gasteiger partial charge in [0.15, 0.2) is 0 Å². The molecule has 0 spiro atoms. The van der Waals surface area contributed by atoms with E-state index in [1.165, 1.54) is 40.9 Å². The van der Waals surface area contributed by atoms with Crippen LogP contribution in [0.2, 0.25) is 0 Å². The lowest BCUT2D eigenvalue weighted by atomic mass is 10.2. The van der Waals surface area contributed by atoms with E-state index in [9.17, 15) is 22.9 Å². The Balaban J connectivity index is 1.85. The minimum atomic E-state index is -3.88. The van der Waals surface area contributed by atoms with E-state index in [0.717, 1.165) is 6.07 Å². The second-order valence-corrected chi connectivity index (χ2v) is 8.84. The maximum absolute atomic E-state index is 13.7. The molecule has 1 aliphatic rings. The van der Waals surface area contributed by atoms with Crippen molar-refractivity contribution in [2.24, 2.45) is 5.10 Å². The molecule has 0 radical (unpaired) electrons. The van der Waals surface area contributed by atoms with Crippen molar-refractivity contribution in [3.8, 4) is 0 Å². The van der Waals surface area contributed by atoms with Gasteiger partial charge in [-0.2, -0.15) is 9.41 Å². The number of rotatable bonds is 6. The number of halogens is 2. The van der Waals surface area contributed by atoms with Crippen LogP contribution in [-0.4, -0.2) is 50.2 Å². The second kappa shape index (κ2) is 8.95. The third-order valence-electron chi connectivity index (χ3n) is 4.12. The smallest absolute Gasteiger partial charge is 0.295 e. The zero-order valence-corrected chi connectivity index (χ0v) is 17.3. The summed E-state index contributed by atoms with van der Waals surface area (Å²) in [5.41, 5.74) is 2.14. The first kappa shape index (κ1) is 21.3. The van der Waals surface area contributed by atoms with Crippen LogP contribution in [0.5, 0.6) is 0 Å². The fraction of sp³-hybridized carbons (Fsp3) is 0.235. The molecule has 9 nitrogen and oxygen atoms in total. The monoisotopic (exact) mass is 486 g/mol. The van der Waals surface area contributed by atoms with Crippen LogP contribution in [0.25, 0.3) is 0 Å². The van der Waals surface area contributed by atoms with Crippen molar-refractivity contribution in [2.45, 2.75) is 4.90 Å². The van der Waals surface area contributed by atoms with Gasteiger partial charge in [0.2, 0.25) is 10.0 Å². The van der Waals surface area contributed by atoms with E-state index in [0.29, 0.717) is 4.47 Å². The Bertz CT molecular complexity index is 1060. The van der Waals surface area contributed by atoms with E-state index < -0.39 is 26.5 Å². The van der Waals surface area contributed by atoms with Crippen LogP contribution in [0.1, 0.15) is 5.56 Å². The number of ether oxygens (including phenoxy) is 1. The van der Waals surface area contributed by atoms with Crippen molar-refractivity contribution in [1.29, 1.82) is 0 Å². The van der Waals surface area contributed by atoms with E-state index in [2.05, 4.69) is 26.5 Å². The molecule has 0 aliphatic carbocycles. The van der Waals surface area contributed by atoms with Gasteiger partial charge in [-0.15, -0.1) is 0 Å². The molecule has 0 aromatic heterocycles. The molecule has 154 valence electrons. The molecule has 1 fully saturated rings. The second-order valence-electron chi connectivity index (χ2n) is 5.99. The van der Waals surface area contributed by atoms with E-state index in [4.69, 9.17) is 4.74 Å². The minimum Gasteiger partial charge on any atom is -0.379 e. The standard InChI is InChI=1S/C17H16BrFN4O5S/c18-13-1-3-15(19)12(9-13)11-20-21-16-4-2-14(10-17(16)23(24)25)29(26,27)22-5-7-28-8-6-22/h1-4,9-11,21H,5-8H2/b20-11+. The van der Waals surface area contributed by atoms with Gasteiger partial charge in [-0.25, -0.2) is 12.8 Å². The lowest BCUT2D eigenvalue weighted by molar-refractivity contribution is -0.384. The number of anilines is 1. The molecule has 2 aromatic rings. The summed E-state index contributed by atoms with van der Waals surface area (Å²) in [6.07, 6.45) is 1.17. The number of hydrogen-bond donors (Lipinski definition) is 1. The summed E-state index contributed by atoms with van der Waals surface area (Å²) in [6.45, 7) is 0.890. The van der Waals surface area contributed by atoms with Crippen molar-refractivity contribution < 1.29 is 22.5 Å². The molecule has 0 amide bonds. The third kappa shape index (κ3) is 4.96. The summed E-state index contributed by atoms with van der Waals surface area (Å²) < 4.78 is 46.1. The lowest BCUT2D eigenvalue weighted by Gasteiger charge is -2.26. The van der Waals surface area contributed by atoms with Crippen molar-refractivity contribution in [2.75, 3.05) is 31.7 Å². The normalized spacial score (nSPS) is 15.5. The summed E-state index contributed by atoms with van der Waals surface area (Å²) in [6, 6.07) is 7.75. The number of nitro groups is 1. The lowest BCUT2D eigenvalue weighted by Crippen LogP contribution is -2.40. The number of nitro benzene ring substituents is 1. The fourth-order valence-corrected chi connectivity index (χ4v) is 4.45. The minimum absolute atomic E-state index is 0.0254. The average Bonchev–Trinajstić information content (AvgIpc) is 2.71. The van der Waals surface area contributed by atoms with Crippen molar-refractivity contribution in [3.63, 3.8) is 0 Å². The van der Waals surface area contributed by atoms with Gasteiger partial charge in [0.1, 0.15) is 11.5 Å². The van der Waals surface area contributed by atoms with Gasteiger partial charge in [-0.1, -0.05) is 15.9 Å². The van der Waals surface area contributed by atoms with Crippen LogP contribution in [-0.2, 0) is 14.8 Å². The summed E-state index contributed by atoms with van der Waals surface area (Å²) in [5, 5.41) is 15.3. The van der Waals surface area contributed by atoms with Crippen molar-refractivity contribution >= 4 is 43.5 Å². The predicted octanol–water partition coefficient (Wildman–Crippen LogP) is 2.96. The van der Waals surface area contributed by atoms with Crippen LogP contribution in [0.3, 0.4) is 0 Å². The summed E-state index contributed by atoms with van der Waals surface area (Å²) in [7, 11) is -3.88. The Morgan fingerprint density at radius 2 is 1.97 bits per heavy atom. The zero-order chi connectivity index (χ0) is 21.0. The predicted molar refractivity (Wildman–Crippen MR) is 108 cm³/mol. The van der Waals surface area contributed by atoms with Gasteiger partial charge >= 0.3 is 0 Å². The third-order valence-corrected chi connectivity index (χ3v) is 6.51. The van der Waals surface area contributed by atoms with E-state index in [1.807, 2.05) is 0 Å². The molecule has 1 N–H and O–H groups in total. The Morgan fingerprint density at radius 1 is 1.24 bits per heavy atom. The number of nitrogens with zero attached hydrogens (tertiary/aromatic N) is 3. The van der Waals surface area contributed by atoms with Crippen molar-refractivity contribution in [1.82, 2.24) is 4.31 Å². The van der Waals surface area contributed by atoms with E-state index in [1.54, 1.807) is 0 Å². The molecular weight excluding hydrogens is 471 g/mol. The highest BCUT2D eigenvalue weighted by Gasteiger charge is 2.28. The number of hydrazone groups is 1. The highest BCUT2D eigenvalue weighted by molar-refractivity contribution is 9.10. The zero-order valence-electron chi connectivity index (χ0n) is 14.9. The molecule has 0 saturated carbocycles.